The van der Waals surface area contributed by atoms with Gasteiger partial charge in [-0.25, -0.2) is 0 Å². The van der Waals surface area contributed by atoms with Crippen LogP contribution in [0.2, 0.25) is 0 Å². The van der Waals surface area contributed by atoms with Crippen molar-refractivity contribution >= 4 is 20.3 Å². The maximum absolute atomic E-state index is 10.9. The van der Waals surface area contributed by atoms with Crippen LogP contribution in [-0.4, -0.2) is 5.78 Å². The van der Waals surface area contributed by atoms with E-state index in [2.05, 4.69) is 28.3 Å². The Balaban J connectivity index is 2.76. The minimum atomic E-state index is 0.252. The Labute approximate surface area is 81.7 Å². The van der Waals surface area contributed by atoms with E-state index in [-0.39, 0.29) is 5.78 Å². The fraction of sp³-hybridized carbons (Fsp3) is 0.364. The van der Waals surface area contributed by atoms with Crippen LogP contribution in [0.5, 0.6) is 0 Å². The molecule has 0 heterocycles. The lowest BCUT2D eigenvalue weighted by Crippen LogP contribution is -2.02. The van der Waals surface area contributed by atoms with E-state index >= 15 is 0 Å². The first-order chi connectivity index (χ1) is 6.09. The molecule has 1 rings (SSSR count). The highest BCUT2D eigenvalue weighted by Gasteiger charge is 2.07. The Morgan fingerprint density at radius 1 is 1.54 bits per heavy atom. The molecule has 0 N–H and O–H groups in total. The van der Waals surface area contributed by atoms with Crippen LogP contribution in [0.15, 0.2) is 24.3 Å². The summed E-state index contributed by atoms with van der Waals surface area (Å²) in [6, 6.07) is 8.24. The van der Waals surface area contributed by atoms with E-state index in [1.807, 2.05) is 12.1 Å². The fourth-order valence-electron chi connectivity index (χ4n) is 1.41. The van der Waals surface area contributed by atoms with Gasteiger partial charge in [-0.15, -0.1) is 9.24 Å². The van der Waals surface area contributed by atoms with Crippen LogP contribution in [0.25, 0.3) is 0 Å². The maximum atomic E-state index is 10.9. The molecule has 70 valence electrons. The van der Waals surface area contributed by atoms with E-state index in [9.17, 15) is 4.79 Å². The molecule has 2 heteroatoms. The van der Waals surface area contributed by atoms with Crippen molar-refractivity contribution in [3.63, 3.8) is 0 Å². The predicted octanol–water partition coefficient (Wildman–Crippen LogP) is 2.27. The number of ketones is 1. The van der Waals surface area contributed by atoms with Crippen molar-refractivity contribution in [1.82, 2.24) is 0 Å². The summed E-state index contributed by atoms with van der Waals surface area (Å²) in [5.74, 6) is 0.583. The Hall–Kier alpha value is -0.680. The molecular weight excluding hydrogens is 179 g/mol. The molecule has 0 bridgehead atoms. The van der Waals surface area contributed by atoms with Crippen molar-refractivity contribution in [2.24, 2.45) is 0 Å². The number of rotatable bonds is 3. The largest absolute Gasteiger partial charge is 0.300 e. The summed E-state index contributed by atoms with van der Waals surface area (Å²) < 4.78 is 0. The topological polar surface area (TPSA) is 17.1 Å². The van der Waals surface area contributed by atoms with E-state index in [1.54, 1.807) is 6.92 Å². The summed E-state index contributed by atoms with van der Waals surface area (Å²) in [5, 5.41) is 1.17. The number of carbonyl (C=O) groups excluding carboxylic acids is 1. The highest BCUT2D eigenvalue weighted by atomic mass is 31.0. The number of Topliss-reactive ketones (excluding diaryl/α,β-unsaturated/α-hetero) is 1. The van der Waals surface area contributed by atoms with Crippen LogP contribution in [0, 0.1) is 0 Å². The lowest BCUT2D eigenvalue weighted by atomic mass is 9.96. The van der Waals surface area contributed by atoms with Crippen LogP contribution in [0.1, 0.15) is 31.7 Å². The molecule has 0 fully saturated rings. The van der Waals surface area contributed by atoms with Crippen molar-refractivity contribution in [3.05, 3.63) is 29.8 Å². The second-order valence-corrected chi connectivity index (χ2v) is 4.14. The van der Waals surface area contributed by atoms with Gasteiger partial charge in [-0.2, -0.15) is 0 Å². The third-order valence-corrected chi connectivity index (χ3v) is 2.43. The van der Waals surface area contributed by atoms with Crippen molar-refractivity contribution in [2.75, 3.05) is 0 Å². The number of carbonyl (C=O) groups is 1. The van der Waals surface area contributed by atoms with Gasteiger partial charge in [0.15, 0.2) is 0 Å². The Morgan fingerprint density at radius 3 is 2.77 bits per heavy atom. The summed E-state index contributed by atoms with van der Waals surface area (Å²) in [5.41, 5.74) is 1.24. The number of hydrogen-bond donors (Lipinski definition) is 0. The molecule has 0 aliphatic rings. The summed E-state index contributed by atoms with van der Waals surface area (Å²) in [6.45, 7) is 3.72. The Morgan fingerprint density at radius 2 is 2.23 bits per heavy atom. The Kier molecular flexibility index (Phi) is 3.62. The normalized spacial score (nSPS) is 12.5. The van der Waals surface area contributed by atoms with E-state index in [0.29, 0.717) is 12.3 Å². The molecule has 13 heavy (non-hydrogen) atoms. The summed E-state index contributed by atoms with van der Waals surface area (Å²) >= 11 is 0. The SMILES string of the molecule is CC(=O)CC(C)c1cccc(P)c1. The zero-order valence-corrected chi connectivity index (χ0v) is 9.23. The van der Waals surface area contributed by atoms with Gasteiger partial charge in [-0.05, 0) is 23.7 Å². The van der Waals surface area contributed by atoms with Gasteiger partial charge in [-0.3, -0.25) is 0 Å². The third kappa shape index (κ3) is 3.28. The quantitative estimate of drug-likeness (QED) is 0.674. The first kappa shape index (κ1) is 10.4. The second kappa shape index (κ2) is 4.53. The molecule has 0 aliphatic carbocycles. The summed E-state index contributed by atoms with van der Waals surface area (Å²) in [4.78, 5) is 10.9. The average Bonchev–Trinajstić information content (AvgIpc) is 2.03. The maximum Gasteiger partial charge on any atom is 0.130 e. The molecule has 0 saturated carbocycles. The molecule has 0 saturated heterocycles. The van der Waals surface area contributed by atoms with Crippen LogP contribution < -0.4 is 5.30 Å². The van der Waals surface area contributed by atoms with Gasteiger partial charge in [0, 0.05) is 6.42 Å². The summed E-state index contributed by atoms with van der Waals surface area (Å²) in [6.07, 6.45) is 0.633. The lowest BCUT2D eigenvalue weighted by molar-refractivity contribution is -0.117. The Bertz CT molecular complexity index is 307. The number of hydrogen-bond acceptors (Lipinski definition) is 1. The highest BCUT2D eigenvalue weighted by molar-refractivity contribution is 7.27. The highest BCUT2D eigenvalue weighted by Crippen LogP contribution is 2.18. The third-order valence-electron chi connectivity index (χ3n) is 2.07. The standard InChI is InChI=1S/C11H15OP/c1-8(6-9(2)12)10-4-3-5-11(13)7-10/h3-5,7-8H,6,13H2,1-2H3. The predicted molar refractivity (Wildman–Crippen MR) is 59.5 cm³/mol. The van der Waals surface area contributed by atoms with Crippen LogP contribution in [0.4, 0.5) is 0 Å². The molecular formula is C11H15OP. The molecule has 1 aromatic carbocycles. The van der Waals surface area contributed by atoms with Crippen molar-refractivity contribution in [2.45, 2.75) is 26.2 Å². The van der Waals surface area contributed by atoms with Gasteiger partial charge in [-0.1, -0.05) is 31.2 Å². The van der Waals surface area contributed by atoms with Gasteiger partial charge < -0.3 is 4.79 Å². The molecule has 2 unspecified atom stereocenters. The zero-order valence-electron chi connectivity index (χ0n) is 8.08. The molecule has 0 aromatic heterocycles. The first-order valence-electron chi connectivity index (χ1n) is 4.44. The van der Waals surface area contributed by atoms with Crippen molar-refractivity contribution < 1.29 is 4.79 Å². The molecule has 2 atom stereocenters. The first-order valence-corrected chi connectivity index (χ1v) is 5.02. The second-order valence-electron chi connectivity index (χ2n) is 3.48. The van der Waals surface area contributed by atoms with Gasteiger partial charge >= 0.3 is 0 Å². The van der Waals surface area contributed by atoms with E-state index in [1.165, 1.54) is 10.9 Å². The molecule has 0 amide bonds. The van der Waals surface area contributed by atoms with Gasteiger partial charge in [0.25, 0.3) is 0 Å². The fourth-order valence-corrected chi connectivity index (χ4v) is 1.72. The zero-order chi connectivity index (χ0) is 9.84. The minimum Gasteiger partial charge on any atom is -0.300 e. The average molecular weight is 194 g/mol. The molecule has 0 aliphatic heterocycles. The smallest absolute Gasteiger partial charge is 0.130 e. The van der Waals surface area contributed by atoms with Crippen LogP contribution >= 0.6 is 9.24 Å². The van der Waals surface area contributed by atoms with Crippen LogP contribution in [0.3, 0.4) is 0 Å². The molecule has 0 spiro atoms. The van der Waals surface area contributed by atoms with E-state index < -0.39 is 0 Å². The summed E-state index contributed by atoms with van der Waals surface area (Å²) in [7, 11) is 2.67. The van der Waals surface area contributed by atoms with Gasteiger partial charge in [0.2, 0.25) is 0 Å². The van der Waals surface area contributed by atoms with E-state index in [4.69, 9.17) is 0 Å². The molecule has 0 radical (unpaired) electrons. The van der Waals surface area contributed by atoms with E-state index in [0.717, 1.165) is 0 Å². The monoisotopic (exact) mass is 194 g/mol. The minimum absolute atomic E-state index is 0.252. The van der Waals surface area contributed by atoms with Crippen molar-refractivity contribution in [1.29, 1.82) is 0 Å². The lowest BCUT2D eigenvalue weighted by Gasteiger charge is -2.09. The molecule has 1 nitrogen and oxygen atoms in total. The number of benzene rings is 1. The van der Waals surface area contributed by atoms with Gasteiger partial charge in [0.1, 0.15) is 5.78 Å². The van der Waals surface area contributed by atoms with Crippen molar-refractivity contribution in [3.8, 4) is 0 Å². The molecule has 1 aromatic rings. The van der Waals surface area contributed by atoms with Crippen LogP contribution in [-0.2, 0) is 4.79 Å². The van der Waals surface area contributed by atoms with Gasteiger partial charge in [0.05, 0.1) is 0 Å².